The van der Waals surface area contributed by atoms with Crippen molar-refractivity contribution in [3.8, 4) is 12.1 Å². The van der Waals surface area contributed by atoms with Crippen molar-refractivity contribution in [3.63, 3.8) is 0 Å². The van der Waals surface area contributed by atoms with Gasteiger partial charge in [-0.3, -0.25) is 9.36 Å². The maximum atomic E-state index is 12.2. The standard InChI is InChI=1S/C15H12N4OS/c1-2-19-14(20)13(21-15(19)11(8-16)9-17)10-18-12-6-4-3-5-7-12/h3-7,10,18H,2H2,1H3. The van der Waals surface area contributed by atoms with Crippen LogP contribution in [-0.2, 0) is 6.54 Å². The van der Waals surface area contributed by atoms with E-state index in [0.29, 0.717) is 15.7 Å². The van der Waals surface area contributed by atoms with Gasteiger partial charge in [-0.2, -0.15) is 10.5 Å². The highest BCUT2D eigenvalue weighted by molar-refractivity contribution is 7.07. The summed E-state index contributed by atoms with van der Waals surface area (Å²) in [6.07, 6.45) is 1.60. The average molecular weight is 296 g/mol. The van der Waals surface area contributed by atoms with Gasteiger partial charge in [-0.05, 0) is 19.1 Å². The third-order valence-electron chi connectivity index (χ3n) is 2.81. The Morgan fingerprint density at radius 2 is 2.00 bits per heavy atom. The van der Waals surface area contributed by atoms with Gasteiger partial charge in [0.1, 0.15) is 21.3 Å². The molecule has 5 nitrogen and oxygen atoms in total. The lowest BCUT2D eigenvalue weighted by Crippen LogP contribution is -2.31. The molecule has 0 spiro atoms. The lowest BCUT2D eigenvalue weighted by atomic mass is 10.3. The Kier molecular flexibility index (Phi) is 4.55. The molecule has 1 heterocycles. The maximum absolute atomic E-state index is 12.2. The minimum atomic E-state index is -0.205. The lowest BCUT2D eigenvalue weighted by Gasteiger charge is -1.97. The summed E-state index contributed by atoms with van der Waals surface area (Å²) in [4.78, 5) is 12.2. The second-order valence-corrected chi connectivity index (χ2v) is 5.10. The lowest BCUT2D eigenvalue weighted by molar-refractivity contribution is 0.722. The Labute approximate surface area is 125 Å². The third-order valence-corrected chi connectivity index (χ3v) is 3.94. The van der Waals surface area contributed by atoms with Gasteiger partial charge >= 0.3 is 0 Å². The van der Waals surface area contributed by atoms with Crippen LogP contribution in [0.5, 0.6) is 0 Å². The van der Waals surface area contributed by atoms with Crippen LogP contribution in [0.4, 0.5) is 5.69 Å². The molecule has 6 heteroatoms. The van der Waals surface area contributed by atoms with Crippen LogP contribution in [-0.4, -0.2) is 4.57 Å². The quantitative estimate of drug-likeness (QED) is 0.915. The van der Waals surface area contributed by atoms with Crippen LogP contribution in [0.1, 0.15) is 6.92 Å². The Hall–Kier alpha value is -2.83. The van der Waals surface area contributed by atoms with E-state index in [1.54, 1.807) is 13.1 Å². The molecule has 0 unspecified atom stereocenters. The molecule has 0 aliphatic rings. The Morgan fingerprint density at radius 3 is 2.57 bits per heavy atom. The van der Waals surface area contributed by atoms with Gasteiger partial charge in [0.15, 0.2) is 5.57 Å². The van der Waals surface area contributed by atoms with Crippen LogP contribution in [0.2, 0.25) is 0 Å². The second kappa shape index (κ2) is 6.56. The van der Waals surface area contributed by atoms with Gasteiger partial charge in [-0.25, -0.2) is 0 Å². The zero-order valence-corrected chi connectivity index (χ0v) is 12.1. The molecule has 0 amide bonds. The van der Waals surface area contributed by atoms with Gasteiger partial charge in [0.2, 0.25) is 0 Å². The molecule has 1 aromatic carbocycles. The van der Waals surface area contributed by atoms with Crippen molar-refractivity contribution in [1.82, 2.24) is 4.57 Å². The number of benzene rings is 1. The van der Waals surface area contributed by atoms with E-state index < -0.39 is 0 Å². The predicted octanol–water partition coefficient (Wildman–Crippen LogP) is 0.978. The Bertz CT molecular complexity index is 878. The summed E-state index contributed by atoms with van der Waals surface area (Å²) in [6.45, 7) is 2.22. The number of nitrogens with zero attached hydrogens (tertiary/aromatic N) is 3. The molecule has 0 aliphatic carbocycles. The van der Waals surface area contributed by atoms with Crippen LogP contribution in [0, 0.1) is 22.7 Å². The zero-order chi connectivity index (χ0) is 15.2. The second-order valence-electron chi connectivity index (χ2n) is 4.07. The largest absolute Gasteiger partial charge is 0.360 e. The molecular formula is C15H12N4OS. The van der Waals surface area contributed by atoms with E-state index in [4.69, 9.17) is 10.5 Å². The van der Waals surface area contributed by atoms with E-state index in [-0.39, 0.29) is 11.1 Å². The van der Waals surface area contributed by atoms with Crippen LogP contribution in [0.25, 0.3) is 11.8 Å². The fourth-order valence-corrected chi connectivity index (χ4v) is 2.84. The predicted molar refractivity (Wildman–Crippen MR) is 82.7 cm³/mol. The third kappa shape index (κ3) is 3.02. The van der Waals surface area contributed by atoms with Crippen molar-refractivity contribution < 1.29 is 0 Å². The van der Waals surface area contributed by atoms with Crippen molar-refractivity contribution >= 4 is 28.8 Å². The van der Waals surface area contributed by atoms with Crippen molar-refractivity contribution in [1.29, 1.82) is 10.5 Å². The van der Waals surface area contributed by atoms with E-state index in [1.807, 2.05) is 42.5 Å². The molecular weight excluding hydrogens is 284 g/mol. The van der Waals surface area contributed by atoms with Crippen LogP contribution >= 0.6 is 11.3 Å². The van der Waals surface area contributed by atoms with Crippen molar-refractivity contribution in [2.24, 2.45) is 0 Å². The highest BCUT2D eigenvalue weighted by Crippen LogP contribution is 2.03. The number of rotatable bonds is 3. The van der Waals surface area contributed by atoms with Gasteiger partial charge in [-0.15, -0.1) is 11.3 Å². The number of hydrogen-bond acceptors (Lipinski definition) is 5. The molecule has 0 aliphatic heterocycles. The fourth-order valence-electron chi connectivity index (χ4n) is 1.80. The fraction of sp³-hybridized carbons (Fsp3) is 0.133. The van der Waals surface area contributed by atoms with Crippen LogP contribution < -0.4 is 20.1 Å². The van der Waals surface area contributed by atoms with Gasteiger partial charge in [-0.1, -0.05) is 18.2 Å². The van der Waals surface area contributed by atoms with E-state index in [2.05, 4.69) is 5.32 Å². The average Bonchev–Trinajstić information content (AvgIpc) is 2.83. The van der Waals surface area contributed by atoms with Gasteiger partial charge in [0, 0.05) is 18.4 Å². The molecule has 0 bridgehead atoms. The highest BCUT2D eigenvalue weighted by Gasteiger charge is 2.07. The first-order valence-electron chi connectivity index (χ1n) is 6.27. The molecule has 1 aromatic heterocycles. The first-order valence-corrected chi connectivity index (χ1v) is 7.08. The highest BCUT2D eigenvalue weighted by atomic mass is 32.1. The number of nitrogens with one attached hydrogen (secondary N) is 1. The van der Waals surface area contributed by atoms with Gasteiger partial charge in [0.25, 0.3) is 5.56 Å². The van der Waals surface area contributed by atoms with E-state index >= 15 is 0 Å². The van der Waals surface area contributed by atoms with E-state index in [9.17, 15) is 4.79 Å². The zero-order valence-electron chi connectivity index (χ0n) is 11.3. The number of anilines is 1. The Balaban J connectivity index is 2.59. The molecule has 0 fully saturated rings. The van der Waals surface area contributed by atoms with Crippen LogP contribution in [0.15, 0.2) is 35.1 Å². The number of para-hydroxylation sites is 1. The summed E-state index contributed by atoms with van der Waals surface area (Å²) in [7, 11) is 0. The molecule has 0 atom stereocenters. The van der Waals surface area contributed by atoms with Crippen molar-refractivity contribution in [2.75, 3.05) is 5.32 Å². The smallest absolute Gasteiger partial charge is 0.270 e. The molecule has 0 saturated carbocycles. The summed E-state index contributed by atoms with van der Waals surface area (Å²) >= 11 is 1.14. The number of aromatic nitrogens is 1. The first kappa shape index (κ1) is 14.6. The topological polar surface area (TPSA) is 81.6 Å². The number of nitriles is 2. The molecule has 0 radical (unpaired) electrons. The van der Waals surface area contributed by atoms with E-state index in [0.717, 1.165) is 17.0 Å². The molecule has 104 valence electrons. The number of hydrogen-bond donors (Lipinski definition) is 1. The first-order chi connectivity index (χ1) is 10.2. The van der Waals surface area contributed by atoms with Crippen LogP contribution in [0.3, 0.4) is 0 Å². The van der Waals surface area contributed by atoms with Crippen molar-refractivity contribution in [2.45, 2.75) is 13.5 Å². The van der Waals surface area contributed by atoms with E-state index in [1.165, 1.54) is 4.57 Å². The molecule has 2 aromatic rings. The van der Waals surface area contributed by atoms with Gasteiger partial charge in [0.05, 0.1) is 0 Å². The molecule has 1 N–H and O–H groups in total. The monoisotopic (exact) mass is 296 g/mol. The Morgan fingerprint density at radius 1 is 1.33 bits per heavy atom. The SMILES string of the molecule is CCn1c(=C(C#N)C#N)sc(=CNc2ccccc2)c1=O. The summed E-state index contributed by atoms with van der Waals surface area (Å²) < 4.78 is 2.29. The minimum absolute atomic E-state index is 0.0432. The minimum Gasteiger partial charge on any atom is -0.360 e. The van der Waals surface area contributed by atoms with Gasteiger partial charge < -0.3 is 5.32 Å². The summed E-state index contributed by atoms with van der Waals surface area (Å²) in [6, 6.07) is 13.1. The molecule has 0 saturated heterocycles. The maximum Gasteiger partial charge on any atom is 0.270 e. The summed E-state index contributed by atoms with van der Waals surface area (Å²) in [5, 5.41) is 21.0. The summed E-state index contributed by atoms with van der Waals surface area (Å²) in [5.74, 6) is 0. The molecule has 21 heavy (non-hydrogen) atoms. The van der Waals surface area contributed by atoms with Crippen molar-refractivity contribution in [3.05, 3.63) is 49.9 Å². The normalized spacial score (nSPS) is 10.7. The number of thiazole rings is 1. The summed E-state index contributed by atoms with van der Waals surface area (Å²) in [5.41, 5.74) is 0.613. The molecule has 2 rings (SSSR count).